The van der Waals surface area contributed by atoms with Crippen LogP contribution >= 0.6 is 0 Å². The van der Waals surface area contributed by atoms with Crippen LogP contribution < -0.4 is 0 Å². The summed E-state index contributed by atoms with van der Waals surface area (Å²) in [7, 11) is 0. The Kier molecular flexibility index (Phi) is 7.64. The van der Waals surface area contributed by atoms with Crippen molar-refractivity contribution in [2.24, 2.45) is 11.8 Å². The van der Waals surface area contributed by atoms with Crippen LogP contribution in [0.25, 0.3) is 27.7 Å². The predicted octanol–water partition coefficient (Wildman–Crippen LogP) is 6.78. The summed E-state index contributed by atoms with van der Waals surface area (Å²) in [4.78, 5) is 53.3. The van der Waals surface area contributed by atoms with Crippen LogP contribution in [0.1, 0.15) is 75.9 Å². The zero-order valence-corrected chi connectivity index (χ0v) is 27.4. The number of ketones is 1. The normalized spacial score (nSPS) is 21.0. The van der Waals surface area contributed by atoms with Gasteiger partial charge in [0, 0.05) is 59.8 Å². The summed E-state index contributed by atoms with van der Waals surface area (Å²) in [6, 6.07) is 9.71. The molecule has 0 radical (unpaired) electrons. The second-order valence-electron chi connectivity index (χ2n) is 14.4. The molecule has 244 valence electrons. The number of carbonyl (C=O) groups excluding carboxylic acids is 3. The Balaban J connectivity index is 1.16. The number of piperidine rings is 1. The summed E-state index contributed by atoms with van der Waals surface area (Å²) >= 11 is 0. The van der Waals surface area contributed by atoms with E-state index in [1.165, 1.54) is 12.1 Å². The maximum absolute atomic E-state index is 14.7. The fourth-order valence-electron chi connectivity index (χ4n) is 7.62. The van der Waals surface area contributed by atoms with Gasteiger partial charge in [0.15, 0.2) is 5.78 Å². The molecule has 1 saturated carbocycles. The number of likely N-dealkylation sites (tertiary alicyclic amines) is 2. The lowest BCUT2D eigenvalue weighted by Gasteiger charge is -2.43. The minimum Gasteiger partial charge on any atom is -0.444 e. The lowest BCUT2D eigenvalue weighted by molar-refractivity contribution is -0.143. The number of carbonyl (C=O) groups is 3. The van der Waals surface area contributed by atoms with Crippen molar-refractivity contribution >= 4 is 28.7 Å². The van der Waals surface area contributed by atoms with E-state index < -0.39 is 17.7 Å². The Morgan fingerprint density at radius 3 is 2.55 bits per heavy atom. The number of aromatic nitrogens is 3. The van der Waals surface area contributed by atoms with Crippen LogP contribution in [0, 0.1) is 17.7 Å². The molecular weight excluding hydrogens is 597 g/mol. The van der Waals surface area contributed by atoms with Crippen LogP contribution in [-0.4, -0.2) is 72.9 Å². The summed E-state index contributed by atoms with van der Waals surface area (Å²) in [6.07, 6.45) is 9.07. The fourth-order valence-corrected chi connectivity index (χ4v) is 7.62. The molecule has 0 N–H and O–H groups in total. The topological polar surface area (TPSA) is 97.6 Å². The first-order valence-corrected chi connectivity index (χ1v) is 16.5. The number of ether oxygens (including phenoxy) is 1. The summed E-state index contributed by atoms with van der Waals surface area (Å²) in [5.74, 6) is -0.684. The van der Waals surface area contributed by atoms with Crippen LogP contribution in [0.15, 0.2) is 61.2 Å². The third-order valence-electron chi connectivity index (χ3n) is 9.77. The van der Waals surface area contributed by atoms with E-state index in [4.69, 9.17) is 4.74 Å². The van der Waals surface area contributed by atoms with Gasteiger partial charge in [-0.1, -0.05) is 19.9 Å². The molecule has 5 heterocycles. The Bertz CT molecular complexity index is 1890. The molecule has 3 atom stereocenters. The van der Waals surface area contributed by atoms with E-state index in [0.717, 1.165) is 41.4 Å². The molecule has 4 aromatic rings. The van der Waals surface area contributed by atoms with Gasteiger partial charge in [-0.15, -0.1) is 0 Å². The number of hydrogen-bond acceptors (Lipinski definition) is 6. The van der Waals surface area contributed by atoms with Crippen LogP contribution in [0.3, 0.4) is 0 Å². The standard InChI is InChI=1S/C37H40FN5O4/c1-21(2)32-27(7-6-13-40-32)28-16-24(38)9-11-30(28)42-20-29(26-12-14-39-17-31(26)42)34(44)23-18-41(19-23)35(45)33-22-8-10-25(15-22)43(33)36(46)47-37(3,4)5/h6-7,9,11-14,16-17,20-23,25,33H,8,10,15,18-19H2,1-5H3/t22-,25+,33-/m0/s1. The largest absolute Gasteiger partial charge is 0.444 e. The molecule has 1 aliphatic carbocycles. The van der Waals surface area contributed by atoms with Gasteiger partial charge in [-0.25, -0.2) is 9.18 Å². The van der Waals surface area contributed by atoms with Gasteiger partial charge in [0.05, 0.1) is 29.0 Å². The highest BCUT2D eigenvalue weighted by atomic mass is 19.1. The molecule has 1 aromatic carbocycles. The van der Waals surface area contributed by atoms with Crippen molar-refractivity contribution in [1.82, 2.24) is 24.3 Å². The van der Waals surface area contributed by atoms with Crippen molar-refractivity contribution < 1.29 is 23.5 Å². The van der Waals surface area contributed by atoms with Gasteiger partial charge in [-0.05, 0) is 82.2 Å². The molecule has 10 heteroatoms. The second kappa shape index (κ2) is 11.6. The number of nitrogens with zero attached hydrogens (tertiary/aromatic N) is 5. The van der Waals surface area contributed by atoms with E-state index in [1.807, 2.05) is 49.7 Å². The first-order chi connectivity index (χ1) is 22.4. The molecule has 2 aliphatic heterocycles. The summed E-state index contributed by atoms with van der Waals surface area (Å²) in [6.45, 7) is 10.2. The third kappa shape index (κ3) is 5.47. The molecule has 2 saturated heterocycles. The van der Waals surface area contributed by atoms with Gasteiger partial charge in [-0.2, -0.15) is 0 Å². The first kappa shape index (κ1) is 31.0. The predicted molar refractivity (Wildman–Crippen MR) is 176 cm³/mol. The van der Waals surface area contributed by atoms with Crippen LogP contribution in [0.4, 0.5) is 9.18 Å². The number of pyridine rings is 2. The van der Waals surface area contributed by atoms with E-state index in [-0.39, 0.29) is 41.3 Å². The average molecular weight is 638 g/mol. The Morgan fingerprint density at radius 1 is 1.02 bits per heavy atom. The van der Waals surface area contributed by atoms with Gasteiger partial charge >= 0.3 is 6.09 Å². The number of amides is 2. The van der Waals surface area contributed by atoms with Crippen molar-refractivity contribution in [3.8, 4) is 16.8 Å². The lowest BCUT2D eigenvalue weighted by Crippen LogP contribution is -2.61. The van der Waals surface area contributed by atoms with E-state index in [2.05, 4.69) is 23.8 Å². The van der Waals surface area contributed by atoms with Crippen LogP contribution in [-0.2, 0) is 9.53 Å². The van der Waals surface area contributed by atoms with E-state index in [1.54, 1.807) is 34.5 Å². The molecule has 0 spiro atoms. The Hall–Kier alpha value is -4.60. The SMILES string of the molecule is CC(C)c1ncccc1-c1cc(F)ccc1-n1cc(C(=O)C2CN(C(=O)[C@@H]3[C@H]4CC[C@H](C4)N3C(=O)OC(C)(C)C)C2)c2ccncc21. The molecule has 3 fully saturated rings. The van der Waals surface area contributed by atoms with Gasteiger partial charge in [-0.3, -0.25) is 24.5 Å². The molecule has 7 rings (SSSR count). The van der Waals surface area contributed by atoms with Crippen molar-refractivity contribution in [2.45, 2.75) is 77.5 Å². The Labute approximate surface area is 273 Å². The van der Waals surface area contributed by atoms with Gasteiger partial charge in [0.2, 0.25) is 5.91 Å². The van der Waals surface area contributed by atoms with E-state index >= 15 is 0 Å². The number of rotatable bonds is 6. The average Bonchev–Trinajstić information content (AvgIpc) is 3.73. The molecule has 3 aromatic heterocycles. The van der Waals surface area contributed by atoms with Crippen molar-refractivity contribution in [2.75, 3.05) is 13.1 Å². The summed E-state index contributed by atoms with van der Waals surface area (Å²) in [5.41, 5.74) is 3.65. The first-order valence-electron chi connectivity index (χ1n) is 16.5. The number of fused-ring (bicyclic) bond motifs is 3. The maximum atomic E-state index is 14.7. The summed E-state index contributed by atoms with van der Waals surface area (Å²) in [5, 5.41) is 0.740. The molecule has 3 aliphatic rings. The van der Waals surface area contributed by atoms with Crippen LogP contribution in [0.5, 0.6) is 0 Å². The number of hydrogen-bond donors (Lipinski definition) is 0. The van der Waals surface area contributed by atoms with E-state index in [9.17, 15) is 18.8 Å². The highest BCUT2D eigenvalue weighted by Gasteiger charge is 2.54. The van der Waals surface area contributed by atoms with E-state index in [0.29, 0.717) is 29.9 Å². The van der Waals surface area contributed by atoms with Crippen molar-refractivity contribution in [3.05, 3.63) is 78.3 Å². The summed E-state index contributed by atoms with van der Waals surface area (Å²) < 4.78 is 22.3. The highest BCUT2D eigenvalue weighted by Crippen LogP contribution is 2.44. The van der Waals surface area contributed by atoms with Gasteiger partial charge in [0.1, 0.15) is 17.5 Å². The van der Waals surface area contributed by atoms with Crippen LogP contribution in [0.2, 0.25) is 0 Å². The van der Waals surface area contributed by atoms with Gasteiger partial charge < -0.3 is 14.2 Å². The fraction of sp³-hybridized carbons (Fsp3) is 0.432. The van der Waals surface area contributed by atoms with Gasteiger partial charge in [0.25, 0.3) is 0 Å². The molecule has 9 nitrogen and oxygen atoms in total. The van der Waals surface area contributed by atoms with Crippen molar-refractivity contribution in [1.29, 1.82) is 0 Å². The quantitative estimate of drug-likeness (QED) is 0.216. The maximum Gasteiger partial charge on any atom is 0.411 e. The minimum absolute atomic E-state index is 0.0156. The third-order valence-corrected chi connectivity index (χ3v) is 9.77. The molecule has 2 bridgehead atoms. The minimum atomic E-state index is -0.654. The lowest BCUT2D eigenvalue weighted by atomic mass is 9.88. The Morgan fingerprint density at radius 2 is 1.81 bits per heavy atom. The van der Waals surface area contributed by atoms with Crippen molar-refractivity contribution in [3.63, 3.8) is 0 Å². The smallest absolute Gasteiger partial charge is 0.411 e. The molecule has 0 unspecified atom stereocenters. The number of benzene rings is 1. The number of halogens is 1. The second-order valence-corrected chi connectivity index (χ2v) is 14.4. The number of Topliss-reactive ketones (excluding diaryl/α,β-unsaturated/α-hetero) is 1. The zero-order valence-electron chi connectivity index (χ0n) is 27.4. The molecule has 2 amide bonds. The highest BCUT2D eigenvalue weighted by molar-refractivity contribution is 6.10. The monoisotopic (exact) mass is 637 g/mol. The molecular formula is C37H40FN5O4. The molecule has 47 heavy (non-hydrogen) atoms. The zero-order chi connectivity index (χ0) is 33.2.